The maximum Gasteiger partial charge on any atom is 0.251 e. The first-order valence-corrected chi connectivity index (χ1v) is 14.2. The minimum Gasteiger partial charge on any atom is -0.375 e. The van der Waals surface area contributed by atoms with Gasteiger partial charge in [0.2, 0.25) is 0 Å². The van der Waals surface area contributed by atoms with Gasteiger partial charge in [-0.2, -0.15) is 0 Å². The lowest BCUT2D eigenvalue weighted by atomic mass is 9.83. The van der Waals surface area contributed by atoms with Crippen molar-refractivity contribution in [3.8, 4) is 0 Å². The van der Waals surface area contributed by atoms with Crippen LogP contribution in [0, 0.1) is 5.92 Å². The van der Waals surface area contributed by atoms with Gasteiger partial charge in [-0.05, 0) is 99.7 Å². The summed E-state index contributed by atoms with van der Waals surface area (Å²) in [5.41, 5.74) is 7.96. The largest absolute Gasteiger partial charge is 0.375 e. The predicted molar refractivity (Wildman–Crippen MR) is 146 cm³/mol. The Morgan fingerprint density at radius 1 is 1.09 bits per heavy atom. The summed E-state index contributed by atoms with van der Waals surface area (Å²) in [4.78, 5) is 21.5. The number of amides is 1. The second-order valence-electron chi connectivity index (χ2n) is 10.4. The van der Waals surface area contributed by atoms with Crippen LogP contribution in [0.1, 0.15) is 72.8 Å². The van der Waals surface area contributed by atoms with Crippen LogP contribution in [0.4, 0.5) is 5.13 Å². The molecule has 5 nitrogen and oxygen atoms in total. The third-order valence-electron chi connectivity index (χ3n) is 7.98. The highest BCUT2D eigenvalue weighted by molar-refractivity contribution is 7.15. The number of carbonyl (C=O) groups excluding carboxylic acids is 1. The summed E-state index contributed by atoms with van der Waals surface area (Å²) in [6.07, 6.45) is 10.4. The predicted octanol–water partition coefficient (Wildman–Crippen LogP) is 5.83. The van der Waals surface area contributed by atoms with E-state index in [1.807, 2.05) is 30.3 Å². The molecule has 1 atom stereocenters. The second-order valence-corrected chi connectivity index (χ2v) is 11.5. The van der Waals surface area contributed by atoms with Crippen molar-refractivity contribution in [3.05, 3.63) is 58.6 Å². The van der Waals surface area contributed by atoms with E-state index in [1.165, 1.54) is 61.2 Å². The number of hydrogen-bond acceptors (Lipinski definition) is 5. The van der Waals surface area contributed by atoms with Crippen LogP contribution in [0.5, 0.6) is 0 Å². The van der Waals surface area contributed by atoms with Crippen molar-refractivity contribution in [1.82, 2.24) is 15.2 Å². The van der Waals surface area contributed by atoms with Crippen LogP contribution in [0.2, 0.25) is 0 Å². The summed E-state index contributed by atoms with van der Waals surface area (Å²) in [6.45, 7) is 4.64. The molecule has 0 radical (unpaired) electrons. The molecule has 2 aliphatic rings. The molecule has 0 saturated heterocycles. The number of thiazole rings is 1. The fraction of sp³-hybridized carbons (Fsp3) is 0.517. The molecule has 1 amide bonds. The Labute approximate surface area is 213 Å². The first-order valence-electron chi connectivity index (χ1n) is 13.4. The third-order valence-corrected chi connectivity index (χ3v) is 8.92. The van der Waals surface area contributed by atoms with E-state index in [4.69, 9.17) is 5.73 Å². The maximum absolute atomic E-state index is 12.9. The van der Waals surface area contributed by atoms with Gasteiger partial charge >= 0.3 is 0 Å². The monoisotopic (exact) mass is 490 g/mol. The highest BCUT2D eigenvalue weighted by Gasteiger charge is 2.28. The summed E-state index contributed by atoms with van der Waals surface area (Å²) in [5.74, 6) is 0.829. The minimum atomic E-state index is 0.0636. The summed E-state index contributed by atoms with van der Waals surface area (Å²) >= 11 is 1.68. The van der Waals surface area contributed by atoms with Crippen molar-refractivity contribution < 1.29 is 4.79 Å². The van der Waals surface area contributed by atoms with Gasteiger partial charge in [0.05, 0.1) is 5.69 Å². The van der Waals surface area contributed by atoms with Crippen LogP contribution < -0.4 is 11.1 Å². The topological polar surface area (TPSA) is 71.2 Å². The molecule has 1 aromatic heterocycles. The van der Waals surface area contributed by atoms with Crippen LogP contribution in [0.25, 0.3) is 10.8 Å². The Morgan fingerprint density at radius 3 is 2.69 bits per heavy atom. The number of nitrogens with two attached hydrogens (primary N) is 1. The molecule has 0 bridgehead atoms. The molecule has 2 aliphatic carbocycles. The van der Waals surface area contributed by atoms with Crippen LogP contribution in [0.3, 0.4) is 0 Å². The van der Waals surface area contributed by atoms with E-state index >= 15 is 0 Å². The summed E-state index contributed by atoms with van der Waals surface area (Å²) < 4.78 is 0. The molecule has 6 heteroatoms. The Balaban J connectivity index is 1.09. The Morgan fingerprint density at radius 2 is 1.89 bits per heavy atom. The molecule has 0 unspecified atom stereocenters. The highest BCUT2D eigenvalue weighted by atomic mass is 32.1. The van der Waals surface area contributed by atoms with Crippen molar-refractivity contribution in [3.63, 3.8) is 0 Å². The van der Waals surface area contributed by atoms with E-state index in [-0.39, 0.29) is 5.91 Å². The lowest BCUT2D eigenvalue weighted by Gasteiger charge is -2.36. The number of fused-ring (bicyclic) bond motifs is 2. The molecule has 5 rings (SSSR count). The fourth-order valence-electron chi connectivity index (χ4n) is 6.00. The molecule has 186 valence electrons. The van der Waals surface area contributed by atoms with E-state index in [0.29, 0.717) is 12.1 Å². The fourth-order valence-corrected chi connectivity index (χ4v) is 6.95. The lowest BCUT2D eigenvalue weighted by molar-refractivity contribution is 0.0918. The van der Waals surface area contributed by atoms with Gasteiger partial charge in [0, 0.05) is 22.5 Å². The molecular formula is C29H38N4OS. The maximum atomic E-state index is 12.9. The summed E-state index contributed by atoms with van der Waals surface area (Å²) in [6, 6.07) is 15.1. The Hall–Kier alpha value is -2.44. The van der Waals surface area contributed by atoms with Crippen molar-refractivity contribution in [2.75, 3.05) is 18.8 Å². The van der Waals surface area contributed by atoms with Crippen molar-refractivity contribution in [1.29, 1.82) is 0 Å². The normalized spacial score (nSPS) is 22.3. The first kappa shape index (κ1) is 24.3. The highest BCUT2D eigenvalue weighted by Crippen LogP contribution is 2.32. The van der Waals surface area contributed by atoms with Crippen molar-refractivity contribution in [2.24, 2.45) is 5.92 Å². The zero-order valence-corrected chi connectivity index (χ0v) is 21.7. The number of nitrogen functional groups attached to an aromatic ring is 1. The second kappa shape index (κ2) is 11.1. The van der Waals surface area contributed by atoms with Crippen LogP contribution >= 0.6 is 11.3 Å². The number of nitrogens with one attached hydrogen (secondary N) is 1. The molecule has 0 spiro atoms. The number of nitrogens with zero attached hydrogens (tertiary/aromatic N) is 2. The minimum absolute atomic E-state index is 0.0636. The van der Waals surface area contributed by atoms with Gasteiger partial charge < -0.3 is 16.0 Å². The number of carbonyl (C=O) groups is 1. The van der Waals surface area contributed by atoms with Crippen molar-refractivity contribution >= 4 is 33.1 Å². The van der Waals surface area contributed by atoms with Crippen LogP contribution in [-0.4, -0.2) is 41.0 Å². The van der Waals surface area contributed by atoms with Gasteiger partial charge in [0.1, 0.15) is 0 Å². The van der Waals surface area contributed by atoms with Crippen LogP contribution in [-0.2, 0) is 12.8 Å². The van der Waals surface area contributed by atoms with E-state index < -0.39 is 0 Å². The quantitative estimate of drug-likeness (QED) is 0.417. The van der Waals surface area contributed by atoms with Gasteiger partial charge in [-0.1, -0.05) is 37.3 Å². The molecule has 3 N–H and O–H groups in total. The lowest BCUT2D eigenvalue weighted by Crippen LogP contribution is -2.41. The number of benzene rings is 2. The zero-order valence-electron chi connectivity index (χ0n) is 20.8. The average molecular weight is 491 g/mol. The van der Waals surface area contributed by atoms with Gasteiger partial charge in [0.25, 0.3) is 5.91 Å². The molecule has 0 aliphatic heterocycles. The van der Waals surface area contributed by atoms with E-state index in [2.05, 4.69) is 34.3 Å². The molecule has 1 heterocycles. The SMILES string of the molecule is CCCN(CCC1CCC(NC(=O)c2ccc3ccccc3c2)CC1)[C@H]1CCc2nc(N)sc2C1. The molecule has 35 heavy (non-hydrogen) atoms. The summed E-state index contributed by atoms with van der Waals surface area (Å²) in [7, 11) is 0. The number of aromatic nitrogens is 1. The van der Waals surface area contributed by atoms with E-state index in [0.717, 1.165) is 47.7 Å². The van der Waals surface area contributed by atoms with Gasteiger partial charge in [-0.15, -0.1) is 11.3 Å². The van der Waals surface area contributed by atoms with E-state index in [1.54, 1.807) is 11.3 Å². The van der Waals surface area contributed by atoms with Gasteiger partial charge in [-0.25, -0.2) is 4.98 Å². The number of rotatable bonds is 8. The van der Waals surface area contributed by atoms with E-state index in [9.17, 15) is 4.79 Å². The molecule has 1 saturated carbocycles. The molecular weight excluding hydrogens is 452 g/mol. The molecule has 2 aromatic carbocycles. The summed E-state index contributed by atoms with van der Waals surface area (Å²) in [5, 5.41) is 6.32. The number of aryl methyl sites for hydroxylation is 1. The van der Waals surface area contributed by atoms with Gasteiger partial charge in [0.15, 0.2) is 5.13 Å². The van der Waals surface area contributed by atoms with Crippen molar-refractivity contribution in [2.45, 2.75) is 76.8 Å². The number of anilines is 1. The standard InChI is InChI=1S/C29H38N4OS/c1-2-16-33(25-13-14-26-27(19-25)35-29(30)32-26)17-15-20-7-11-24(12-8-20)31-28(34)23-10-9-21-5-3-4-6-22(21)18-23/h3-6,9-10,18,20,24-25H,2,7-8,11-17,19H2,1H3,(H2,30,32)(H,31,34)/t20?,24?,25-/m0/s1. The zero-order chi connectivity index (χ0) is 24.2. The first-order chi connectivity index (χ1) is 17.1. The third kappa shape index (κ3) is 5.87. The van der Waals surface area contributed by atoms with Gasteiger partial charge in [-0.3, -0.25) is 4.79 Å². The van der Waals surface area contributed by atoms with Crippen LogP contribution in [0.15, 0.2) is 42.5 Å². The molecule has 1 fully saturated rings. The average Bonchev–Trinajstić information content (AvgIpc) is 3.26. The Kier molecular flexibility index (Phi) is 7.69. The smallest absolute Gasteiger partial charge is 0.251 e. The Bertz CT molecular complexity index is 1150. The molecule has 3 aromatic rings. The number of hydrogen-bond donors (Lipinski definition) is 2.